The molecule has 0 aliphatic carbocycles. The summed E-state index contributed by atoms with van der Waals surface area (Å²) in [6.45, 7) is 5.54. The van der Waals surface area contributed by atoms with Crippen LogP contribution in [0.1, 0.15) is 26.3 Å². The van der Waals surface area contributed by atoms with Crippen LogP contribution in [0.25, 0.3) is 0 Å². The highest BCUT2D eigenvalue weighted by Crippen LogP contribution is 2.12. The minimum atomic E-state index is -0.529. The number of carbonyl (C=O) groups is 1. The Kier molecular flexibility index (Phi) is 5.52. The molecule has 20 heavy (non-hydrogen) atoms. The molecule has 0 aliphatic rings. The third-order valence-electron chi connectivity index (χ3n) is 1.97. The number of amides is 1. The van der Waals surface area contributed by atoms with Crippen LogP contribution in [-0.2, 0) is 9.53 Å². The maximum absolute atomic E-state index is 11.4. The molecule has 0 radical (unpaired) electrons. The summed E-state index contributed by atoms with van der Waals surface area (Å²) in [7, 11) is 0. The fourth-order valence-corrected chi connectivity index (χ4v) is 1.28. The summed E-state index contributed by atoms with van der Waals surface area (Å²) in [6.07, 6.45) is 0.960. The van der Waals surface area contributed by atoms with Gasteiger partial charge in [-0.25, -0.2) is 9.59 Å². The van der Waals surface area contributed by atoms with Crippen LogP contribution in [-0.4, -0.2) is 24.3 Å². The van der Waals surface area contributed by atoms with Crippen LogP contribution in [0.5, 0.6) is 0 Å². The Bertz CT molecular complexity index is 585. The van der Waals surface area contributed by atoms with Gasteiger partial charge in [-0.05, 0) is 39.0 Å². The Morgan fingerprint density at radius 2 is 2.15 bits per heavy atom. The highest BCUT2D eigenvalue weighted by molar-refractivity contribution is 5.68. The SMILES string of the molecule is CC(C)(C)OC(=O)NCC#Cc1cccc(N=C=O)c1. The van der Waals surface area contributed by atoms with Crippen molar-refractivity contribution in [2.24, 2.45) is 4.99 Å². The van der Waals surface area contributed by atoms with Gasteiger partial charge >= 0.3 is 6.09 Å². The van der Waals surface area contributed by atoms with E-state index in [0.717, 1.165) is 0 Å². The van der Waals surface area contributed by atoms with Gasteiger partial charge in [-0.1, -0.05) is 17.9 Å². The molecule has 0 saturated heterocycles. The monoisotopic (exact) mass is 272 g/mol. The first-order chi connectivity index (χ1) is 9.40. The van der Waals surface area contributed by atoms with Crippen molar-refractivity contribution >= 4 is 17.9 Å². The normalized spacial score (nSPS) is 9.75. The van der Waals surface area contributed by atoms with Crippen molar-refractivity contribution in [2.75, 3.05) is 6.54 Å². The summed E-state index contributed by atoms with van der Waals surface area (Å²) < 4.78 is 5.07. The molecule has 0 spiro atoms. The van der Waals surface area contributed by atoms with Crippen LogP contribution in [0, 0.1) is 11.8 Å². The second-order valence-electron chi connectivity index (χ2n) is 4.91. The van der Waals surface area contributed by atoms with Crippen LogP contribution in [0.3, 0.4) is 0 Å². The van der Waals surface area contributed by atoms with Gasteiger partial charge in [0.25, 0.3) is 0 Å². The highest BCUT2D eigenvalue weighted by Gasteiger charge is 2.14. The van der Waals surface area contributed by atoms with Crippen LogP contribution in [0.2, 0.25) is 0 Å². The molecule has 104 valence electrons. The number of alkyl carbamates (subject to hydrolysis) is 1. The van der Waals surface area contributed by atoms with Crippen LogP contribution < -0.4 is 5.32 Å². The smallest absolute Gasteiger partial charge is 0.408 e. The third kappa shape index (κ3) is 6.39. The van der Waals surface area contributed by atoms with Crippen molar-refractivity contribution in [3.8, 4) is 11.8 Å². The lowest BCUT2D eigenvalue weighted by atomic mass is 10.2. The van der Waals surface area contributed by atoms with Crippen LogP contribution in [0.15, 0.2) is 29.3 Å². The largest absolute Gasteiger partial charge is 0.444 e. The summed E-state index contributed by atoms with van der Waals surface area (Å²) in [4.78, 5) is 25.0. The standard InChI is InChI=1S/C15H16N2O3/c1-15(2,3)20-14(19)16-9-5-7-12-6-4-8-13(10-12)17-11-18/h4,6,8,10H,9H2,1-3H3,(H,16,19). The molecule has 0 saturated carbocycles. The van der Waals surface area contributed by atoms with Crippen LogP contribution >= 0.6 is 0 Å². The number of rotatable bonds is 2. The lowest BCUT2D eigenvalue weighted by molar-refractivity contribution is 0.0535. The summed E-state index contributed by atoms with van der Waals surface area (Å²) >= 11 is 0. The molecule has 0 aromatic heterocycles. The Labute approximate surface area is 118 Å². The predicted molar refractivity (Wildman–Crippen MR) is 75.3 cm³/mol. The molecule has 1 rings (SSSR count). The van der Waals surface area contributed by atoms with Crippen molar-refractivity contribution < 1.29 is 14.3 Å². The number of aliphatic imine (C=N–C) groups is 1. The fourth-order valence-electron chi connectivity index (χ4n) is 1.28. The van der Waals surface area contributed by atoms with Crippen molar-refractivity contribution in [3.05, 3.63) is 29.8 Å². The minimum absolute atomic E-state index is 0.177. The topological polar surface area (TPSA) is 67.8 Å². The summed E-state index contributed by atoms with van der Waals surface area (Å²) in [5.41, 5.74) is 0.665. The van der Waals surface area contributed by atoms with E-state index in [9.17, 15) is 9.59 Å². The number of isocyanates is 1. The first-order valence-electron chi connectivity index (χ1n) is 6.04. The number of hydrogen-bond acceptors (Lipinski definition) is 4. The van der Waals surface area contributed by atoms with Gasteiger partial charge in [0.2, 0.25) is 6.08 Å². The Morgan fingerprint density at radius 3 is 2.80 bits per heavy atom. The number of ether oxygens (including phenoxy) is 1. The molecular formula is C15H16N2O3. The predicted octanol–water partition coefficient (Wildman–Crippen LogP) is 2.53. The maximum atomic E-state index is 11.4. The summed E-state index contributed by atoms with van der Waals surface area (Å²) in [5.74, 6) is 5.64. The Morgan fingerprint density at radius 1 is 1.40 bits per heavy atom. The molecule has 5 heteroatoms. The van der Waals surface area contributed by atoms with E-state index in [1.54, 1.807) is 45.0 Å². The number of nitrogens with one attached hydrogen (secondary N) is 1. The highest BCUT2D eigenvalue weighted by atomic mass is 16.6. The molecule has 0 heterocycles. The van der Waals surface area contributed by atoms with Gasteiger partial charge in [0, 0.05) is 5.56 Å². The van der Waals surface area contributed by atoms with E-state index in [4.69, 9.17) is 4.74 Å². The molecule has 1 N–H and O–H groups in total. The Balaban J connectivity index is 2.53. The van der Waals surface area contributed by atoms with Crippen molar-refractivity contribution in [1.29, 1.82) is 0 Å². The first-order valence-corrected chi connectivity index (χ1v) is 6.04. The maximum Gasteiger partial charge on any atom is 0.408 e. The molecule has 0 bridgehead atoms. The lowest BCUT2D eigenvalue weighted by Gasteiger charge is -2.18. The lowest BCUT2D eigenvalue weighted by Crippen LogP contribution is -2.32. The average Bonchev–Trinajstić information content (AvgIpc) is 2.33. The molecule has 1 amide bonds. The average molecular weight is 272 g/mol. The van der Waals surface area contributed by atoms with E-state index in [-0.39, 0.29) is 6.54 Å². The van der Waals surface area contributed by atoms with E-state index < -0.39 is 11.7 Å². The van der Waals surface area contributed by atoms with E-state index in [2.05, 4.69) is 22.2 Å². The molecule has 5 nitrogen and oxygen atoms in total. The van der Waals surface area contributed by atoms with Gasteiger partial charge in [-0.2, -0.15) is 4.99 Å². The van der Waals surface area contributed by atoms with Gasteiger partial charge < -0.3 is 10.1 Å². The molecule has 1 aromatic rings. The van der Waals surface area contributed by atoms with Crippen molar-refractivity contribution in [3.63, 3.8) is 0 Å². The van der Waals surface area contributed by atoms with Gasteiger partial charge in [-0.15, -0.1) is 0 Å². The molecule has 1 aromatic carbocycles. The van der Waals surface area contributed by atoms with Crippen molar-refractivity contribution in [1.82, 2.24) is 5.32 Å². The zero-order valence-corrected chi connectivity index (χ0v) is 11.7. The number of hydrogen-bond donors (Lipinski definition) is 1. The van der Waals surface area contributed by atoms with Crippen molar-refractivity contribution in [2.45, 2.75) is 26.4 Å². The third-order valence-corrected chi connectivity index (χ3v) is 1.97. The number of nitrogens with zero attached hydrogens (tertiary/aromatic N) is 1. The van der Waals surface area contributed by atoms with E-state index in [0.29, 0.717) is 11.3 Å². The van der Waals surface area contributed by atoms with Gasteiger partial charge in [0.05, 0.1) is 12.2 Å². The number of carbonyl (C=O) groups excluding carboxylic acids is 2. The van der Waals surface area contributed by atoms with E-state index >= 15 is 0 Å². The number of benzene rings is 1. The molecule has 0 aliphatic heterocycles. The summed E-state index contributed by atoms with van der Waals surface area (Å²) in [5, 5.41) is 2.53. The second kappa shape index (κ2) is 7.13. The van der Waals surface area contributed by atoms with Gasteiger partial charge in [0.15, 0.2) is 0 Å². The first kappa shape index (κ1) is 15.5. The minimum Gasteiger partial charge on any atom is -0.444 e. The van der Waals surface area contributed by atoms with E-state index in [1.807, 2.05) is 0 Å². The van der Waals surface area contributed by atoms with Crippen LogP contribution in [0.4, 0.5) is 10.5 Å². The van der Waals surface area contributed by atoms with E-state index in [1.165, 1.54) is 6.08 Å². The molecule has 0 fully saturated rings. The fraction of sp³-hybridized carbons (Fsp3) is 0.333. The zero-order chi connectivity index (χ0) is 15.0. The quantitative estimate of drug-likeness (QED) is 0.511. The Hall–Kier alpha value is -2.57. The molecule has 0 atom stereocenters. The molecular weight excluding hydrogens is 256 g/mol. The van der Waals surface area contributed by atoms with Gasteiger partial charge in [0.1, 0.15) is 5.60 Å². The zero-order valence-electron chi connectivity index (χ0n) is 11.7. The van der Waals surface area contributed by atoms with Gasteiger partial charge in [-0.3, -0.25) is 0 Å². The molecule has 0 unspecified atom stereocenters. The summed E-state index contributed by atoms with van der Waals surface area (Å²) in [6, 6.07) is 6.85. The second-order valence-corrected chi connectivity index (χ2v) is 4.91.